The Balaban J connectivity index is 2.03. The van der Waals surface area contributed by atoms with E-state index < -0.39 is 5.97 Å². The molecule has 1 aromatic carbocycles. The number of benzene rings is 1. The van der Waals surface area contributed by atoms with Crippen molar-refractivity contribution < 1.29 is 19.0 Å². The van der Waals surface area contributed by atoms with Gasteiger partial charge < -0.3 is 18.8 Å². The lowest BCUT2D eigenvalue weighted by Crippen LogP contribution is -2.21. The molecule has 2 aromatic rings. The van der Waals surface area contributed by atoms with Crippen molar-refractivity contribution in [2.45, 2.75) is 32.2 Å². The fraction of sp³-hybridized carbons (Fsp3) is 0.474. The second-order valence-corrected chi connectivity index (χ2v) is 6.63. The molecule has 0 spiro atoms. The third-order valence-corrected chi connectivity index (χ3v) is 4.57. The Labute approximate surface area is 156 Å². The normalized spacial score (nSPS) is 13.8. The fourth-order valence-electron chi connectivity index (χ4n) is 2.86. The standard InChI is InChI=1S/C19H22ClNO5/c1-3-25-17-10-16-13(9-15(17)20)18(22)14(11-21(16)12-5-6-12)19(23)26-8-4-7-24-2/h9-12H,3-8H2,1-2H3. The lowest BCUT2D eigenvalue weighted by Gasteiger charge is -2.15. The maximum atomic E-state index is 12.8. The SMILES string of the molecule is CCOc1cc2c(cc1Cl)c(=O)c(C(=O)OCCCOC)cn2C1CC1. The highest BCUT2D eigenvalue weighted by Crippen LogP contribution is 2.39. The summed E-state index contributed by atoms with van der Waals surface area (Å²) in [5.41, 5.74) is 0.377. The molecule has 1 aromatic heterocycles. The second kappa shape index (κ2) is 8.10. The second-order valence-electron chi connectivity index (χ2n) is 6.23. The van der Waals surface area contributed by atoms with Gasteiger partial charge in [0.15, 0.2) is 0 Å². The van der Waals surface area contributed by atoms with Crippen molar-refractivity contribution in [3.63, 3.8) is 0 Å². The molecule has 1 saturated carbocycles. The zero-order chi connectivity index (χ0) is 18.7. The average Bonchev–Trinajstić information content (AvgIpc) is 3.45. The molecule has 1 fully saturated rings. The number of esters is 1. The first-order chi connectivity index (χ1) is 12.6. The molecule has 1 aliphatic rings. The minimum Gasteiger partial charge on any atom is -0.492 e. The van der Waals surface area contributed by atoms with Crippen LogP contribution in [0.2, 0.25) is 5.02 Å². The Morgan fingerprint density at radius 1 is 1.31 bits per heavy atom. The molecule has 3 rings (SSSR count). The topological polar surface area (TPSA) is 66.8 Å². The van der Waals surface area contributed by atoms with Gasteiger partial charge in [-0.25, -0.2) is 4.79 Å². The van der Waals surface area contributed by atoms with Gasteiger partial charge in [0.25, 0.3) is 0 Å². The number of hydrogen-bond acceptors (Lipinski definition) is 5. The molecular formula is C19H22ClNO5. The van der Waals surface area contributed by atoms with Crippen LogP contribution in [0.15, 0.2) is 23.1 Å². The predicted molar refractivity (Wildman–Crippen MR) is 99.4 cm³/mol. The van der Waals surface area contributed by atoms with E-state index in [0.29, 0.717) is 35.8 Å². The van der Waals surface area contributed by atoms with E-state index in [1.807, 2.05) is 11.5 Å². The molecule has 1 heterocycles. The van der Waals surface area contributed by atoms with Gasteiger partial charge in [-0.2, -0.15) is 0 Å². The van der Waals surface area contributed by atoms with E-state index in [9.17, 15) is 9.59 Å². The number of rotatable bonds is 8. The first-order valence-electron chi connectivity index (χ1n) is 8.74. The van der Waals surface area contributed by atoms with Crippen molar-refractivity contribution in [3.8, 4) is 5.75 Å². The van der Waals surface area contributed by atoms with Crippen LogP contribution in [0.1, 0.15) is 42.6 Å². The monoisotopic (exact) mass is 379 g/mol. The Kier molecular flexibility index (Phi) is 5.84. The van der Waals surface area contributed by atoms with Gasteiger partial charge in [-0.1, -0.05) is 11.6 Å². The number of carbonyl (C=O) groups excluding carboxylic acids is 1. The van der Waals surface area contributed by atoms with Crippen LogP contribution in [0.4, 0.5) is 0 Å². The van der Waals surface area contributed by atoms with Gasteiger partial charge in [0.05, 0.1) is 23.8 Å². The number of methoxy groups -OCH3 is 1. The largest absolute Gasteiger partial charge is 0.492 e. The minimum absolute atomic E-state index is 0.0297. The van der Waals surface area contributed by atoms with Crippen LogP contribution in [-0.4, -0.2) is 37.5 Å². The van der Waals surface area contributed by atoms with Gasteiger partial charge in [0.2, 0.25) is 5.43 Å². The quantitative estimate of drug-likeness (QED) is 0.518. The van der Waals surface area contributed by atoms with Crippen LogP contribution in [0.3, 0.4) is 0 Å². The van der Waals surface area contributed by atoms with Crippen LogP contribution < -0.4 is 10.2 Å². The number of aromatic nitrogens is 1. The van der Waals surface area contributed by atoms with Crippen molar-refractivity contribution >= 4 is 28.5 Å². The van der Waals surface area contributed by atoms with Gasteiger partial charge >= 0.3 is 5.97 Å². The van der Waals surface area contributed by atoms with Gasteiger partial charge in [0, 0.05) is 43.8 Å². The first-order valence-corrected chi connectivity index (χ1v) is 9.11. The van der Waals surface area contributed by atoms with Crippen molar-refractivity contribution in [3.05, 3.63) is 39.1 Å². The zero-order valence-corrected chi connectivity index (χ0v) is 15.7. The van der Waals surface area contributed by atoms with Crippen LogP contribution in [0.25, 0.3) is 10.9 Å². The number of pyridine rings is 1. The van der Waals surface area contributed by atoms with E-state index in [2.05, 4.69) is 0 Å². The minimum atomic E-state index is -0.618. The predicted octanol–water partition coefficient (Wildman–Crippen LogP) is 3.58. The number of hydrogen-bond donors (Lipinski definition) is 0. The third kappa shape index (κ3) is 3.86. The molecule has 0 radical (unpaired) electrons. The molecular weight excluding hydrogens is 358 g/mol. The molecule has 0 amide bonds. The van der Waals surface area contributed by atoms with Crippen molar-refractivity contribution in [1.29, 1.82) is 0 Å². The Hall–Kier alpha value is -2.05. The molecule has 140 valence electrons. The lowest BCUT2D eigenvalue weighted by molar-refractivity contribution is 0.0466. The van der Waals surface area contributed by atoms with Crippen molar-refractivity contribution in [2.24, 2.45) is 0 Å². The van der Waals surface area contributed by atoms with Crippen LogP contribution in [0, 0.1) is 0 Å². The Morgan fingerprint density at radius 3 is 2.73 bits per heavy atom. The lowest BCUT2D eigenvalue weighted by atomic mass is 10.1. The van der Waals surface area contributed by atoms with Crippen molar-refractivity contribution in [2.75, 3.05) is 26.9 Å². The van der Waals surface area contributed by atoms with E-state index in [4.69, 9.17) is 25.8 Å². The number of fused-ring (bicyclic) bond motifs is 1. The summed E-state index contributed by atoms with van der Waals surface area (Å²) in [6.07, 6.45) is 4.20. The van der Waals surface area contributed by atoms with E-state index >= 15 is 0 Å². The smallest absolute Gasteiger partial charge is 0.343 e. The Bertz CT molecular complexity index is 872. The number of nitrogens with zero attached hydrogens (tertiary/aromatic N) is 1. The highest BCUT2D eigenvalue weighted by molar-refractivity contribution is 6.32. The summed E-state index contributed by atoms with van der Waals surface area (Å²) in [4.78, 5) is 25.2. The molecule has 0 aliphatic heterocycles. The Morgan fingerprint density at radius 2 is 2.08 bits per heavy atom. The highest BCUT2D eigenvalue weighted by atomic mass is 35.5. The fourth-order valence-corrected chi connectivity index (χ4v) is 3.08. The van der Waals surface area contributed by atoms with Crippen molar-refractivity contribution in [1.82, 2.24) is 4.57 Å². The van der Waals surface area contributed by atoms with Crippen LogP contribution >= 0.6 is 11.6 Å². The van der Waals surface area contributed by atoms with Gasteiger partial charge in [-0.3, -0.25) is 4.79 Å². The molecule has 0 unspecified atom stereocenters. The number of ether oxygens (including phenoxy) is 3. The molecule has 0 atom stereocenters. The molecule has 26 heavy (non-hydrogen) atoms. The molecule has 0 N–H and O–H groups in total. The van der Waals surface area contributed by atoms with Gasteiger partial charge in [-0.05, 0) is 25.8 Å². The summed E-state index contributed by atoms with van der Waals surface area (Å²) >= 11 is 6.25. The maximum Gasteiger partial charge on any atom is 0.343 e. The number of carbonyl (C=O) groups is 1. The van der Waals surface area contributed by atoms with Crippen LogP contribution in [0.5, 0.6) is 5.75 Å². The summed E-state index contributed by atoms with van der Waals surface area (Å²) in [5, 5.41) is 0.751. The molecule has 0 saturated heterocycles. The maximum absolute atomic E-state index is 12.8. The van der Waals surface area contributed by atoms with Crippen LogP contribution in [-0.2, 0) is 9.47 Å². The van der Waals surface area contributed by atoms with Gasteiger partial charge in [0.1, 0.15) is 11.3 Å². The first kappa shape index (κ1) is 18.7. The summed E-state index contributed by atoms with van der Waals surface area (Å²) < 4.78 is 17.7. The molecule has 6 nitrogen and oxygen atoms in total. The summed E-state index contributed by atoms with van der Waals surface area (Å²) in [6.45, 7) is 3.05. The average molecular weight is 380 g/mol. The van der Waals surface area contributed by atoms with E-state index in [1.165, 1.54) is 0 Å². The van der Waals surface area contributed by atoms with E-state index in [0.717, 1.165) is 18.4 Å². The van der Waals surface area contributed by atoms with Gasteiger partial charge in [-0.15, -0.1) is 0 Å². The molecule has 0 bridgehead atoms. The third-order valence-electron chi connectivity index (χ3n) is 4.27. The summed E-state index contributed by atoms with van der Waals surface area (Å²) in [5.74, 6) is -0.0854. The summed E-state index contributed by atoms with van der Waals surface area (Å²) in [6, 6.07) is 3.62. The summed E-state index contributed by atoms with van der Waals surface area (Å²) in [7, 11) is 1.58. The molecule has 7 heteroatoms. The molecule has 1 aliphatic carbocycles. The zero-order valence-electron chi connectivity index (χ0n) is 14.9. The number of halogens is 1. The van der Waals surface area contributed by atoms with E-state index in [1.54, 1.807) is 25.4 Å². The van der Waals surface area contributed by atoms with E-state index in [-0.39, 0.29) is 23.6 Å². The highest BCUT2D eigenvalue weighted by Gasteiger charge is 2.27.